The fourth-order valence-corrected chi connectivity index (χ4v) is 1.21. The summed E-state index contributed by atoms with van der Waals surface area (Å²) in [6, 6.07) is 0. The molecule has 0 radical (unpaired) electrons. The Labute approximate surface area is 100 Å². The van der Waals surface area contributed by atoms with E-state index in [-0.39, 0.29) is 6.61 Å². The van der Waals surface area contributed by atoms with Gasteiger partial charge in [0.15, 0.2) is 0 Å². The Morgan fingerprint density at radius 3 is 2.31 bits per heavy atom. The van der Waals surface area contributed by atoms with Gasteiger partial charge in [-0.15, -0.1) is 0 Å². The molecule has 1 N–H and O–H groups in total. The Hall–Kier alpha value is -1.09. The average molecular weight is 226 g/mol. The van der Waals surface area contributed by atoms with E-state index in [1.54, 1.807) is 7.05 Å². The second-order valence-corrected chi connectivity index (χ2v) is 2.65. The van der Waals surface area contributed by atoms with Crippen LogP contribution in [0.3, 0.4) is 0 Å². The van der Waals surface area contributed by atoms with Gasteiger partial charge in [0.25, 0.3) is 0 Å². The van der Waals surface area contributed by atoms with Crippen LogP contribution in [0.25, 0.3) is 0 Å². The maximum Gasteiger partial charge on any atom is 0.134 e. The molecule has 0 saturated heterocycles. The van der Waals surface area contributed by atoms with Crippen molar-refractivity contribution in [1.82, 2.24) is 4.90 Å². The highest BCUT2D eigenvalue weighted by molar-refractivity contribution is 6.03. The molecule has 0 aromatic heterocycles. The number of hydrogen-bond acceptors (Lipinski definition) is 2. The molecule has 0 spiro atoms. The van der Waals surface area contributed by atoms with E-state index in [1.165, 1.54) is 0 Å². The first-order valence-corrected chi connectivity index (χ1v) is 5.98. The molecule has 94 valence electrons. The Morgan fingerprint density at radius 1 is 1.31 bits per heavy atom. The van der Waals surface area contributed by atoms with Crippen LogP contribution >= 0.6 is 0 Å². The highest BCUT2D eigenvalue weighted by atomic mass is 16.2. The lowest BCUT2D eigenvalue weighted by Gasteiger charge is -2.09. The molecule has 3 nitrogen and oxygen atoms in total. The van der Waals surface area contributed by atoms with Crippen LogP contribution in [0.15, 0.2) is 28.9 Å². The quantitative estimate of drug-likeness (QED) is 0.786. The van der Waals surface area contributed by atoms with Crippen LogP contribution in [0, 0.1) is 0 Å². The van der Waals surface area contributed by atoms with Gasteiger partial charge in [0.2, 0.25) is 0 Å². The summed E-state index contributed by atoms with van der Waals surface area (Å²) in [7, 11) is 3.73. The number of nitrogens with zero attached hydrogens (tertiary/aromatic N) is 2. The van der Waals surface area contributed by atoms with Gasteiger partial charge in [-0.2, -0.15) is 0 Å². The molecule has 0 aromatic carbocycles. The van der Waals surface area contributed by atoms with Crippen LogP contribution < -0.4 is 0 Å². The number of aliphatic hydroxyl groups is 1. The Balaban J connectivity index is 0. The highest BCUT2D eigenvalue weighted by Gasteiger charge is 2.12. The van der Waals surface area contributed by atoms with Crippen molar-refractivity contribution in [1.29, 1.82) is 0 Å². The molecule has 1 aliphatic rings. The molecular formula is C13H26N2O. The molecule has 0 aromatic rings. The molecule has 0 aliphatic carbocycles. The van der Waals surface area contributed by atoms with E-state index in [9.17, 15) is 0 Å². The summed E-state index contributed by atoms with van der Waals surface area (Å²) < 4.78 is 0. The summed E-state index contributed by atoms with van der Waals surface area (Å²) >= 11 is 0. The van der Waals surface area contributed by atoms with Gasteiger partial charge in [0, 0.05) is 32.5 Å². The Morgan fingerprint density at radius 2 is 1.88 bits per heavy atom. The molecule has 1 heterocycles. The molecule has 1 aliphatic heterocycles. The van der Waals surface area contributed by atoms with Crippen molar-refractivity contribution in [3.05, 3.63) is 23.9 Å². The van der Waals surface area contributed by atoms with Gasteiger partial charge in [-0.05, 0) is 12.5 Å². The topological polar surface area (TPSA) is 35.8 Å². The zero-order valence-corrected chi connectivity index (χ0v) is 11.5. The zero-order valence-electron chi connectivity index (χ0n) is 11.5. The van der Waals surface area contributed by atoms with Crippen molar-refractivity contribution in [2.24, 2.45) is 4.99 Å². The van der Waals surface area contributed by atoms with E-state index in [4.69, 9.17) is 5.11 Å². The second-order valence-electron chi connectivity index (χ2n) is 2.65. The fraction of sp³-hybridized carbons (Fsp3) is 0.615. The molecule has 0 atom stereocenters. The van der Waals surface area contributed by atoms with Gasteiger partial charge in [0.1, 0.15) is 5.84 Å². The Kier molecular flexibility index (Phi) is 13.0. The van der Waals surface area contributed by atoms with Crippen LogP contribution in [-0.2, 0) is 0 Å². The first-order chi connectivity index (χ1) is 7.79. The Bertz CT molecular complexity index is 242. The maximum absolute atomic E-state index is 8.63. The van der Waals surface area contributed by atoms with Crippen molar-refractivity contribution in [3.8, 4) is 0 Å². The van der Waals surface area contributed by atoms with E-state index in [0.29, 0.717) is 6.42 Å². The van der Waals surface area contributed by atoms with Crippen LogP contribution in [0.2, 0.25) is 0 Å². The van der Waals surface area contributed by atoms with Crippen molar-refractivity contribution in [2.45, 2.75) is 34.1 Å². The number of rotatable bonds is 2. The van der Waals surface area contributed by atoms with Gasteiger partial charge in [-0.25, -0.2) is 0 Å². The molecule has 16 heavy (non-hydrogen) atoms. The summed E-state index contributed by atoms with van der Waals surface area (Å²) in [5, 5.41) is 8.63. The monoisotopic (exact) mass is 226 g/mol. The van der Waals surface area contributed by atoms with Crippen molar-refractivity contribution >= 4 is 5.84 Å². The first kappa shape index (κ1) is 17.3. The molecular weight excluding hydrogens is 200 g/mol. The standard InChI is InChI=1S/C9H14N2O.2C2H6/c1-10-9-8(4-3-7-12)5-6-11(9)2;2*1-2/h4-6,12H,3,7H2,1-2H3;2*1-2H3/b8-4-,10-9?;;. The van der Waals surface area contributed by atoms with Crippen LogP contribution in [0.4, 0.5) is 0 Å². The minimum Gasteiger partial charge on any atom is -0.396 e. The van der Waals surface area contributed by atoms with Gasteiger partial charge in [0.05, 0.1) is 0 Å². The fourth-order valence-electron chi connectivity index (χ4n) is 1.21. The smallest absolute Gasteiger partial charge is 0.134 e. The molecule has 1 rings (SSSR count). The van der Waals surface area contributed by atoms with Crippen molar-refractivity contribution in [3.63, 3.8) is 0 Å². The number of likely N-dealkylation sites (N-methyl/N-ethyl adjacent to an activating group) is 1. The highest BCUT2D eigenvalue weighted by Crippen LogP contribution is 2.13. The third-order valence-corrected chi connectivity index (χ3v) is 1.78. The predicted octanol–water partition coefficient (Wildman–Crippen LogP) is 2.84. The summed E-state index contributed by atoms with van der Waals surface area (Å²) in [6.45, 7) is 8.19. The van der Waals surface area contributed by atoms with Gasteiger partial charge in [-0.1, -0.05) is 33.8 Å². The van der Waals surface area contributed by atoms with E-state index >= 15 is 0 Å². The van der Waals surface area contributed by atoms with Crippen molar-refractivity contribution < 1.29 is 5.11 Å². The normalized spacial score (nSPS) is 18.1. The summed E-state index contributed by atoms with van der Waals surface area (Å²) in [4.78, 5) is 6.09. The molecule has 0 unspecified atom stereocenters. The maximum atomic E-state index is 8.63. The van der Waals surface area contributed by atoms with E-state index in [1.807, 2.05) is 58.0 Å². The first-order valence-electron chi connectivity index (χ1n) is 5.98. The average Bonchev–Trinajstić information content (AvgIpc) is 2.72. The van der Waals surface area contributed by atoms with Gasteiger partial charge >= 0.3 is 0 Å². The van der Waals surface area contributed by atoms with Gasteiger partial charge in [-0.3, -0.25) is 4.99 Å². The minimum atomic E-state index is 0.193. The zero-order chi connectivity index (χ0) is 13.0. The number of amidine groups is 1. The number of hydrogen-bond donors (Lipinski definition) is 1. The van der Waals surface area contributed by atoms with E-state index in [0.717, 1.165) is 11.4 Å². The largest absolute Gasteiger partial charge is 0.396 e. The third-order valence-electron chi connectivity index (χ3n) is 1.78. The summed E-state index contributed by atoms with van der Waals surface area (Å²) in [6.07, 6.45) is 6.64. The lowest BCUT2D eigenvalue weighted by molar-refractivity contribution is 0.302. The lowest BCUT2D eigenvalue weighted by atomic mass is 10.2. The van der Waals surface area contributed by atoms with E-state index in [2.05, 4.69) is 4.99 Å². The van der Waals surface area contributed by atoms with Crippen LogP contribution in [0.5, 0.6) is 0 Å². The van der Waals surface area contributed by atoms with Crippen molar-refractivity contribution in [2.75, 3.05) is 20.7 Å². The molecule has 0 fully saturated rings. The predicted molar refractivity (Wildman–Crippen MR) is 72.7 cm³/mol. The lowest BCUT2D eigenvalue weighted by Crippen LogP contribution is -2.16. The number of aliphatic imine (C=N–C) groups is 1. The number of aliphatic hydroxyl groups excluding tert-OH is 1. The third kappa shape index (κ3) is 5.71. The van der Waals surface area contributed by atoms with Crippen LogP contribution in [-0.4, -0.2) is 36.5 Å². The molecule has 3 heteroatoms. The summed E-state index contributed by atoms with van der Waals surface area (Å²) in [5.41, 5.74) is 1.09. The minimum absolute atomic E-state index is 0.193. The SMILES string of the molecule is CC.CC.CN=C1/C(=C\CCO)C=CN1C. The summed E-state index contributed by atoms with van der Waals surface area (Å²) in [5.74, 6) is 0.962. The van der Waals surface area contributed by atoms with Gasteiger partial charge < -0.3 is 10.0 Å². The molecule has 0 saturated carbocycles. The molecule has 0 bridgehead atoms. The van der Waals surface area contributed by atoms with E-state index < -0.39 is 0 Å². The second kappa shape index (κ2) is 12.0. The molecule has 0 amide bonds. The van der Waals surface area contributed by atoms with Crippen LogP contribution in [0.1, 0.15) is 34.1 Å².